The van der Waals surface area contributed by atoms with Crippen molar-refractivity contribution in [3.05, 3.63) is 144 Å². The minimum atomic E-state index is -0.366. The van der Waals surface area contributed by atoms with Crippen LogP contribution in [0.3, 0.4) is 0 Å². The third-order valence-electron chi connectivity index (χ3n) is 11.5. The molecule has 1 aliphatic rings. The molecule has 4 nitrogen and oxygen atoms in total. The maximum absolute atomic E-state index is 12.6. The summed E-state index contributed by atoms with van der Waals surface area (Å²) in [5.41, 5.74) is 0.632. The normalized spacial score (nSPS) is 14.5. The highest BCUT2D eigenvalue weighted by atomic mass is 16.5. The van der Waals surface area contributed by atoms with Gasteiger partial charge in [-0.05, 0) is 19.8 Å². The van der Waals surface area contributed by atoms with E-state index in [0.717, 1.165) is 0 Å². The van der Waals surface area contributed by atoms with E-state index in [4.69, 9.17) is 9.47 Å². The molecule has 0 aromatic heterocycles. The number of hydrogen-bond acceptors (Lipinski definition) is 4. The van der Waals surface area contributed by atoms with E-state index < -0.39 is 0 Å². The lowest BCUT2D eigenvalue weighted by Crippen LogP contribution is -2.24. The van der Waals surface area contributed by atoms with E-state index in [9.17, 15) is 9.59 Å². The zero-order valence-electron chi connectivity index (χ0n) is 40.7. The average Bonchev–Trinajstić information content (AvgIpc) is 3.29. The quantitative estimate of drug-likeness (QED) is 0.0349. The van der Waals surface area contributed by atoms with Gasteiger partial charge in [-0.3, -0.25) is 9.59 Å². The fourth-order valence-corrected chi connectivity index (χ4v) is 7.65. The Balaban J connectivity index is 1.90. The molecule has 0 radical (unpaired) electrons. The van der Waals surface area contributed by atoms with Crippen LogP contribution in [0.4, 0.5) is 0 Å². The molecule has 0 N–H and O–H groups in total. The first-order valence-corrected chi connectivity index (χ1v) is 25.4. The Morgan fingerprint density at radius 2 is 0.587 bits per heavy atom. The molecular formula is C59H90O4. The van der Waals surface area contributed by atoms with Crippen molar-refractivity contribution < 1.29 is 19.1 Å². The number of unbranched alkanes of at least 4 members (excludes halogenated alkanes) is 28. The van der Waals surface area contributed by atoms with Gasteiger partial charge in [-0.25, -0.2) is 0 Å². The first-order valence-electron chi connectivity index (χ1n) is 25.4. The van der Waals surface area contributed by atoms with E-state index in [1.165, 1.54) is 200 Å². The zero-order valence-corrected chi connectivity index (χ0v) is 40.7. The molecule has 1 rings (SSSR count). The molecule has 0 saturated heterocycles. The molecule has 0 bridgehead atoms. The Hall–Kier alpha value is -4.18. The molecule has 63 heavy (non-hydrogen) atoms. The monoisotopic (exact) mass is 863 g/mol. The molecule has 0 saturated carbocycles. The second-order valence-corrected chi connectivity index (χ2v) is 17.0. The fourth-order valence-electron chi connectivity index (χ4n) is 7.65. The van der Waals surface area contributed by atoms with Crippen LogP contribution in [0.1, 0.15) is 200 Å². The molecule has 0 fully saturated rings. The molecule has 0 aromatic carbocycles. The van der Waals surface area contributed by atoms with Crippen molar-refractivity contribution in [3.8, 4) is 0 Å². The standard InChI is InChI=1S/C59H90O4/c1-5-6-7-8-9-10-11-12-13-14-15-16-17-18-19-20-21-22-23-24-25-26-27-28-29-30-31-32-33-34-35-36-37-38-39-40-41-42-43-44-45-46-47-48-49-50-51-52-53-55-54(2)56(60)58(62-3)59(63-4)57(55)61/h34-53H,5-33H2,1-4H3. The van der Waals surface area contributed by atoms with Crippen molar-refractivity contribution >= 4 is 11.6 Å². The summed E-state index contributed by atoms with van der Waals surface area (Å²) < 4.78 is 10.2. The number of methoxy groups -OCH3 is 2. The van der Waals surface area contributed by atoms with Gasteiger partial charge >= 0.3 is 0 Å². The van der Waals surface area contributed by atoms with Gasteiger partial charge < -0.3 is 9.47 Å². The van der Waals surface area contributed by atoms with Crippen LogP contribution in [-0.4, -0.2) is 25.8 Å². The summed E-state index contributed by atoms with van der Waals surface area (Å²) in [5, 5.41) is 0. The summed E-state index contributed by atoms with van der Waals surface area (Å²) in [6, 6.07) is 0. The topological polar surface area (TPSA) is 52.6 Å². The lowest BCUT2D eigenvalue weighted by Gasteiger charge is -2.18. The Morgan fingerprint density at radius 1 is 0.333 bits per heavy atom. The molecular weight excluding hydrogens is 773 g/mol. The Morgan fingerprint density at radius 3 is 0.889 bits per heavy atom. The molecule has 1 aliphatic carbocycles. The summed E-state index contributed by atoms with van der Waals surface area (Å²) in [5.74, 6) is -0.838. The molecule has 0 unspecified atom stereocenters. The summed E-state index contributed by atoms with van der Waals surface area (Å²) in [6.07, 6.45) is 80.9. The smallest absolute Gasteiger partial charge is 0.232 e. The summed E-state index contributed by atoms with van der Waals surface area (Å²) in [7, 11) is 2.70. The first kappa shape index (κ1) is 56.8. The Bertz CT molecular complexity index is 1530. The minimum absolute atomic E-state index is 0.0566. The van der Waals surface area contributed by atoms with Crippen LogP contribution in [0.5, 0.6) is 0 Å². The highest BCUT2D eigenvalue weighted by Crippen LogP contribution is 2.26. The highest BCUT2D eigenvalue weighted by Gasteiger charge is 2.33. The predicted octanol–water partition coefficient (Wildman–Crippen LogP) is 17.9. The van der Waals surface area contributed by atoms with Crippen LogP contribution in [0.25, 0.3) is 0 Å². The van der Waals surface area contributed by atoms with E-state index in [1.807, 2.05) is 79.0 Å². The number of carbonyl (C=O) groups is 2. The van der Waals surface area contributed by atoms with E-state index >= 15 is 0 Å². The fraction of sp³-hybridized carbons (Fsp3) is 0.559. The third-order valence-corrected chi connectivity index (χ3v) is 11.5. The van der Waals surface area contributed by atoms with Gasteiger partial charge in [0.05, 0.1) is 14.2 Å². The van der Waals surface area contributed by atoms with Crippen molar-refractivity contribution in [2.75, 3.05) is 14.2 Å². The maximum atomic E-state index is 12.6. The van der Waals surface area contributed by atoms with E-state index in [-0.39, 0.29) is 23.1 Å². The molecule has 0 aromatic rings. The van der Waals surface area contributed by atoms with Crippen LogP contribution in [-0.2, 0) is 19.1 Å². The van der Waals surface area contributed by atoms with Crippen molar-refractivity contribution in [3.63, 3.8) is 0 Å². The number of ether oxygens (including phenoxy) is 2. The number of Topliss-reactive ketones (excluding diaryl/α,β-unsaturated/α-hetero) is 2. The molecule has 0 amide bonds. The number of allylic oxidation sites excluding steroid dienone is 22. The Labute approximate surface area is 387 Å². The van der Waals surface area contributed by atoms with Crippen molar-refractivity contribution in [1.82, 2.24) is 0 Å². The second kappa shape index (κ2) is 44.4. The number of rotatable bonds is 41. The Kier molecular flexibility index (Phi) is 40.1. The van der Waals surface area contributed by atoms with Gasteiger partial charge in [0, 0.05) is 11.1 Å². The van der Waals surface area contributed by atoms with Gasteiger partial charge in [0.25, 0.3) is 0 Å². The van der Waals surface area contributed by atoms with Gasteiger partial charge in [0.15, 0.2) is 0 Å². The number of hydrogen-bond donors (Lipinski definition) is 0. The second-order valence-electron chi connectivity index (χ2n) is 17.0. The average molecular weight is 863 g/mol. The lowest BCUT2D eigenvalue weighted by atomic mass is 9.93. The molecule has 350 valence electrons. The van der Waals surface area contributed by atoms with Gasteiger partial charge in [-0.15, -0.1) is 0 Å². The summed E-state index contributed by atoms with van der Waals surface area (Å²) >= 11 is 0. The predicted molar refractivity (Wildman–Crippen MR) is 275 cm³/mol. The summed E-state index contributed by atoms with van der Waals surface area (Å²) in [6.45, 7) is 3.91. The van der Waals surface area contributed by atoms with Crippen molar-refractivity contribution in [1.29, 1.82) is 0 Å². The van der Waals surface area contributed by atoms with Crippen LogP contribution >= 0.6 is 0 Å². The third kappa shape index (κ3) is 33.1. The number of carbonyl (C=O) groups excluding carboxylic acids is 2. The van der Waals surface area contributed by atoms with Crippen molar-refractivity contribution in [2.45, 2.75) is 200 Å². The zero-order chi connectivity index (χ0) is 45.5. The van der Waals surface area contributed by atoms with Crippen molar-refractivity contribution in [2.24, 2.45) is 0 Å². The van der Waals surface area contributed by atoms with Gasteiger partial charge in [0.1, 0.15) is 0 Å². The lowest BCUT2D eigenvalue weighted by molar-refractivity contribution is -0.120. The van der Waals surface area contributed by atoms with Crippen LogP contribution in [0, 0.1) is 0 Å². The van der Waals surface area contributed by atoms with E-state index in [1.54, 1.807) is 25.2 Å². The van der Waals surface area contributed by atoms with Gasteiger partial charge in [0.2, 0.25) is 23.1 Å². The van der Waals surface area contributed by atoms with E-state index in [2.05, 4.69) is 31.2 Å². The minimum Gasteiger partial charge on any atom is -0.489 e. The molecule has 4 heteroatoms. The SMILES string of the molecule is CCCCCCCCCCCCCCCCCCCCCCCCCCCCCCC=CC=CC=CC=CC=CC=CC=CC=CC=CC=CC1=C(C)C(=O)C(OC)=C(OC)C1=O. The van der Waals surface area contributed by atoms with E-state index in [0.29, 0.717) is 11.1 Å². The highest BCUT2D eigenvalue weighted by molar-refractivity contribution is 6.24. The first-order chi connectivity index (χ1) is 31.1. The molecule has 0 atom stereocenters. The van der Waals surface area contributed by atoms with Crippen LogP contribution in [0.15, 0.2) is 144 Å². The maximum Gasteiger partial charge on any atom is 0.232 e. The molecule has 0 aliphatic heterocycles. The van der Waals surface area contributed by atoms with Gasteiger partial charge in [-0.2, -0.15) is 0 Å². The van der Waals surface area contributed by atoms with Crippen LogP contribution < -0.4 is 0 Å². The number of ketones is 2. The molecule has 0 heterocycles. The largest absolute Gasteiger partial charge is 0.489 e. The molecule has 0 spiro atoms. The van der Waals surface area contributed by atoms with Gasteiger partial charge in [-0.1, -0.05) is 302 Å². The van der Waals surface area contributed by atoms with Crippen LogP contribution in [0.2, 0.25) is 0 Å². The summed E-state index contributed by atoms with van der Waals surface area (Å²) in [4.78, 5) is 25.1.